The van der Waals surface area contributed by atoms with Crippen molar-refractivity contribution in [2.24, 2.45) is 11.6 Å². The van der Waals surface area contributed by atoms with Crippen LogP contribution in [0.25, 0.3) is 0 Å². The fourth-order valence-corrected chi connectivity index (χ4v) is 1.29. The molecule has 0 saturated heterocycles. The monoisotopic (exact) mass is 233 g/mol. The lowest BCUT2D eigenvalue weighted by molar-refractivity contribution is -0.145. The van der Waals surface area contributed by atoms with Gasteiger partial charge in [-0.3, -0.25) is 15.4 Å². The predicted molar refractivity (Wildman–Crippen MR) is 57.5 cm³/mol. The van der Waals surface area contributed by atoms with Gasteiger partial charge >= 0.3 is 11.9 Å². The van der Waals surface area contributed by atoms with Crippen LogP contribution in [-0.2, 0) is 9.59 Å². The Bertz CT molecular complexity index is 235. The minimum atomic E-state index is -1.04. The second-order valence-electron chi connectivity index (χ2n) is 3.52. The molecule has 94 valence electrons. The lowest BCUT2D eigenvalue weighted by atomic mass is 10.1. The van der Waals surface area contributed by atoms with Crippen LogP contribution in [0.4, 0.5) is 0 Å². The molecule has 0 radical (unpaired) electrons. The molecule has 6 N–H and O–H groups in total. The summed E-state index contributed by atoms with van der Waals surface area (Å²) in [6, 6.07) is -0.842. The van der Waals surface area contributed by atoms with Gasteiger partial charge in [0.15, 0.2) is 0 Å². The van der Waals surface area contributed by atoms with Gasteiger partial charge in [0.05, 0.1) is 6.42 Å². The average molecular weight is 233 g/mol. The molecule has 7 heteroatoms. The summed E-state index contributed by atoms with van der Waals surface area (Å²) in [4.78, 5) is 21.2. The Balaban J connectivity index is 4.07. The first kappa shape index (κ1) is 14.8. The van der Waals surface area contributed by atoms with E-state index in [0.29, 0.717) is 19.4 Å². The Morgan fingerprint density at radius 3 is 2.31 bits per heavy atom. The van der Waals surface area contributed by atoms with E-state index in [-0.39, 0.29) is 13.0 Å². The highest BCUT2D eigenvalue weighted by Crippen LogP contribution is 2.06. The molecule has 0 aromatic heterocycles. The van der Waals surface area contributed by atoms with Crippen molar-refractivity contribution in [2.75, 3.05) is 13.1 Å². The normalized spacial score (nSPS) is 12.7. The molecule has 16 heavy (non-hydrogen) atoms. The molecule has 7 nitrogen and oxygen atoms in total. The van der Waals surface area contributed by atoms with Crippen LogP contribution in [0.3, 0.4) is 0 Å². The Hall–Kier alpha value is -1.18. The molecular weight excluding hydrogens is 214 g/mol. The number of nitrogens with two attached hydrogens (primary N) is 2. The zero-order valence-electron chi connectivity index (χ0n) is 9.13. The molecule has 0 aromatic carbocycles. The van der Waals surface area contributed by atoms with Crippen LogP contribution in [0.15, 0.2) is 0 Å². The number of carboxylic acids is 2. The third-order valence-corrected chi connectivity index (χ3v) is 2.20. The number of carbonyl (C=O) groups is 2. The molecule has 0 unspecified atom stereocenters. The molecule has 1 atom stereocenters. The standard InChI is InChI=1S/C9H19N3O4/c10-5-2-1-3-7(9(15)16)12(11)6-4-8(13)14/h7H,1-6,10-11H2,(H,13,14)(H,15,16)/t7-/m0/s1. The Morgan fingerprint density at radius 2 is 1.88 bits per heavy atom. The summed E-state index contributed by atoms with van der Waals surface area (Å²) in [5.41, 5.74) is 5.30. The first-order valence-corrected chi connectivity index (χ1v) is 5.15. The molecule has 0 heterocycles. The fraction of sp³-hybridized carbons (Fsp3) is 0.778. The highest BCUT2D eigenvalue weighted by molar-refractivity contribution is 5.73. The maximum atomic E-state index is 10.9. The number of nitrogens with zero attached hydrogens (tertiary/aromatic N) is 1. The SMILES string of the molecule is NCCCC[C@@H](C(=O)O)N(N)CCC(=O)O. The maximum Gasteiger partial charge on any atom is 0.322 e. The molecule has 0 aliphatic carbocycles. The summed E-state index contributed by atoms with van der Waals surface area (Å²) in [7, 11) is 0. The molecule has 0 bridgehead atoms. The lowest BCUT2D eigenvalue weighted by Crippen LogP contribution is -2.46. The van der Waals surface area contributed by atoms with Gasteiger partial charge in [-0.05, 0) is 25.8 Å². The molecule has 0 aliphatic heterocycles. The summed E-state index contributed by atoms with van der Waals surface area (Å²) in [5, 5.41) is 18.4. The molecule has 0 saturated carbocycles. The van der Waals surface area contributed by atoms with Gasteiger partial charge in [-0.15, -0.1) is 0 Å². The second-order valence-corrected chi connectivity index (χ2v) is 3.52. The van der Waals surface area contributed by atoms with E-state index in [1.165, 1.54) is 0 Å². The van der Waals surface area contributed by atoms with Crippen molar-refractivity contribution in [3.63, 3.8) is 0 Å². The van der Waals surface area contributed by atoms with Crippen molar-refractivity contribution in [3.05, 3.63) is 0 Å². The number of hydrazine groups is 1. The second kappa shape index (κ2) is 8.03. The van der Waals surface area contributed by atoms with Crippen LogP contribution >= 0.6 is 0 Å². The summed E-state index contributed by atoms with van der Waals surface area (Å²) in [6.45, 7) is 0.529. The van der Waals surface area contributed by atoms with Gasteiger partial charge in [0.1, 0.15) is 6.04 Å². The van der Waals surface area contributed by atoms with E-state index >= 15 is 0 Å². The molecule has 0 fully saturated rings. The van der Waals surface area contributed by atoms with Crippen molar-refractivity contribution in [1.29, 1.82) is 0 Å². The number of aliphatic carboxylic acids is 2. The van der Waals surface area contributed by atoms with E-state index in [2.05, 4.69) is 0 Å². The number of rotatable bonds is 9. The van der Waals surface area contributed by atoms with Crippen LogP contribution in [0.2, 0.25) is 0 Å². The largest absolute Gasteiger partial charge is 0.481 e. The van der Waals surface area contributed by atoms with E-state index in [9.17, 15) is 9.59 Å². The van der Waals surface area contributed by atoms with Gasteiger partial charge < -0.3 is 15.9 Å². The Morgan fingerprint density at radius 1 is 1.25 bits per heavy atom. The first-order chi connectivity index (χ1) is 7.49. The van der Waals surface area contributed by atoms with Gasteiger partial charge in [0.2, 0.25) is 0 Å². The Labute approximate surface area is 94.0 Å². The minimum Gasteiger partial charge on any atom is -0.481 e. The summed E-state index contributed by atoms with van der Waals surface area (Å²) < 4.78 is 0. The van der Waals surface area contributed by atoms with Crippen LogP contribution in [0.1, 0.15) is 25.7 Å². The van der Waals surface area contributed by atoms with E-state index in [4.69, 9.17) is 21.8 Å². The van der Waals surface area contributed by atoms with Crippen LogP contribution in [-0.4, -0.2) is 46.3 Å². The van der Waals surface area contributed by atoms with Crippen molar-refractivity contribution >= 4 is 11.9 Å². The van der Waals surface area contributed by atoms with Crippen molar-refractivity contribution in [1.82, 2.24) is 5.01 Å². The average Bonchev–Trinajstić information content (AvgIpc) is 2.20. The van der Waals surface area contributed by atoms with E-state index in [1.54, 1.807) is 0 Å². The van der Waals surface area contributed by atoms with Gasteiger partial charge in [0, 0.05) is 6.54 Å². The third kappa shape index (κ3) is 6.33. The number of hydrogen-bond acceptors (Lipinski definition) is 5. The predicted octanol–water partition coefficient (Wildman–Crippen LogP) is -0.781. The van der Waals surface area contributed by atoms with Crippen LogP contribution in [0.5, 0.6) is 0 Å². The highest BCUT2D eigenvalue weighted by atomic mass is 16.4. The lowest BCUT2D eigenvalue weighted by Gasteiger charge is -2.23. The number of unbranched alkanes of at least 4 members (excludes halogenated alkanes) is 1. The van der Waals surface area contributed by atoms with Crippen molar-refractivity contribution in [2.45, 2.75) is 31.7 Å². The van der Waals surface area contributed by atoms with Gasteiger partial charge in [0.25, 0.3) is 0 Å². The van der Waals surface area contributed by atoms with E-state index < -0.39 is 18.0 Å². The van der Waals surface area contributed by atoms with Gasteiger partial charge in [-0.1, -0.05) is 0 Å². The topological polar surface area (TPSA) is 130 Å². The van der Waals surface area contributed by atoms with Gasteiger partial charge in [-0.25, -0.2) is 5.01 Å². The zero-order chi connectivity index (χ0) is 12.6. The molecule has 0 amide bonds. The van der Waals surface area contributed by atoms with E-state index in [0.717, 1.165) is 11.4 Å². The molecule has 0 aromatic rings. The highest BCUT2D eigenvalue weighted by Gasteiger charge is 2.22. The smallest absolute Gasteiger partial charge is 0.322 e. The molecule has 0 aliphatic rings. The number of carboxylic acid groups (broad SMARTS) is 2. The first-order valence-electron chi connectivity index (χ1n) is 5.15. The van der Waals surface area contributed by atoms with E-state index in [1.807, 2.05) is 0 Å². The van der Waals surface area contributed by atoms with Crippen molar-refractivity contribution < 1.29 is 19.8 Å². The van der Waals surface area contributed by atoms with Crippen molar-refractivity contribution in [3.8, 4) is 0 Å². The zero-order valence-corrected chi connectivity index (χ0v) is 9.13. The van der Waals surface area contributed by atoms with Gasteiger partial charge in [-0.2, -0.15) is 0 Å². The third-order valence-electron chi connectivity index (χ3n) is 2.20. The minimum absolute atomic E-state index is 0.0227. The quantitative estimate of drug-likeness (QED) is 0.233. The summed E-state index contributed by atoms with van der Waals surface area (Å²) in [5.74, 6) is 3.47. The number of hydrogen-bond donors (Lipinski definition) is 4. The fourth-order valence-electron chi connectivity index (χ4n) is 1.29. The van der Waals surface area contributed by atoms with Crippen LogP contribution in [0, 0.1) is 0 Å². The maximum absolute atomic E-state index is 10.9. The summed E-state index contributed by atoms with van der Waals surface area (Å²) in [6.07, 6.45) is 1.60. The molecular formula is C9H19N3O4. The summed E-state index contributed by atoms with van der Waals surface area (Å²) >= 11 is 0. The van der Waals surface area contributed by atoms with Crippen LogP contribution < -0.4 is 11.6 Å². The molecule has 0 rings (SSSR count). The molecule has 0 spiro atoms. The Kier molecular flexibility index (Phi) is 7.44.